The molecule has 0 saturated heterocycles. The summed E-state index contributed by atoms with van der Waals surface area (Å²) in [6.45, 7) is 6.66. The van der Waals surface area contributed by atoms with E-state index in [9.17, 15) is 52.5 Å². The lowest BCUT2D eigenvalue weighted by molar-refractivity contribution is -0.696. The molecule has 0 aliphatic heterocycles. The van der Waals surface area contributed by atoms with E-state index in [0.717, 1.165) is 6.54 Å². The van der Waals surface area contributed by atoms with E-state index in [1.165, 1.54) is 32.2 Å². The van der Waals surface area contributed by atoms with Gasteiger partial charge in [0, 0.05) is 0 Å². The average molecular weight is 480 g/mol. The predicted molar refractivity (Wildman–Crippen MR) is 85.0 cm³/mol. The zero-order valence-electron chi connectivity index (χ0n) is 15.9. The van der Waals surface area contributed by atoms with E-state index in [1.54, 1.807) is 0 Å². The van der Waals surface area contributed by atoms with Crippen molar-refractivity contribution in [1.29, 1.82) is 0 Å². The molecule has 0 spiro atoms. The van der Waals surface area contributed by atoms with Gasteiger partial charge in [-0.05, 0) is 19.8 Å². The number of unbranched alkanes of at least 4 members (excludes halogenated alkanes) is 3. The van der Waals surface area contributed by atoms with Crippen LogP contribution in [0.5, 0.6) is 0 Å². The Morgan fingerprint density at radius 3 is 1.80 bits per heavy atom. The number of aryl methyl sites for hydroxylation is 2. The van der Waals surface area contributed by atoms with Gasteiger partial charge in [-0.15, -0.1) is 0 Å². The molecule has 178 valence electrons. The van der Waals surface area contributed by atoms with Gasteiger partial charge in [-0.2, -0.15) is 39.5 Å². The second-order valence-electron chi connectivity index (χ2n) is 6.16. The minimum Gasteiger partial charge on any atom is -0.743 e. The maximum absolute atomic E-state index is 12.2. The Kier molecular flexibility index (Phi) is 9.69. The highest BCUT2D eigenvalue weighted by atomic mass is 32.2. The van der Waals surface area contributed by atoms with Gasteiger partial charge in [-0.3, -0.25) is 0 Å². The van der Waals surface area contributed by atoms with Crippen LogP contribution in [0.3, 0.4) is 0 Å². The SMILES string of the molecule is CCCCCC[n+]1ccn(CC)c1.O=S(=O)([O-])C(F)(F)C(F)(F)C(F)(F)C(F)(F)F. The Hall–Kier alpha value is -1.51. The first-order valence-electron chi connectivity index (χ1n) is 8.57. The molecule has 1 heterocycles. The molecule has 0 radical (unpaired) electrons. The molecule has 15 heteroatoms. The topological polar surface area (TPSA) is 66.0 Å². The molecule has 30 heavy (non-hydrogen) atoms. The summed E-state index contributed by atoms with van der Waals surface area (Å²) >= 11 is 0. The Morgan fingerprint density at radius 2 is 1.43 bits per heavy atom. The van der Waals surface area contributed by atoms with E-state index in [0.29, 0.717) is 0 Å². The summed E-state index contributed by atoms with van der Waals surface area (Å²) in [5.74, 6) is -14.8. The van der Waals surface area contributed by atoms with E-state index in [1.807, 2.05) is 0 Å². The fraction of sp³-hybridized carbons (Fsp3) is 0.800. The highest BCUT2D eigenvalue weighted by Crippen LogP contribution is 2.54. The van der Waals surface area contributed by atoms with Gasteiger partial charge in [-0.1, -0.05) is 19.8 Å². The number of imidazole rings is 1. The number of hydrogen-bond acceptors (Lipinski definition) is 3. The maximum atomic E-state index is 12.2. The number of aromatic nitrogens is 2. The van der Waals surface area contributed by atoms with Crippen LogP contribution in [0, 0.1) is 0 Å². The summed E-state index contributed by atoms with van der Waals surface area (Å²) in [6.07, 6.45) is 4.69. The Morgan fingerprint density at radius 1 is 0.900 bits per heavy atom. The molecule has 0 unspecified atom stereocenters. The molecule has 0 aromatic carbocycles. The minimum atomic E-state index is -7.43. The summed E-state index contributed by atoms with van der Waals surface area (Å²) in [4.78, 5) is 0. The highest BCUT2D eigenvalue weighted by molar-refractivity contribution is 7.86. The van der Waals surface area contributed by atoms with Crippen molar-refractivity contribution in [1.82, 2.24) is 4.57 Å². The number of nitrogens with zero attached hydrogens (tertiary/aromatic N) is 2. The van der Waals surface area contributed by atoms with Crippen LogP contribution < -0.4 is 4.57 Å². The normalized spacial score (nSPS) is 13.7. The van der Waals surface area contributed by atoms with Crippen LogP contribution in [-0.2, 0) is 23.2 Å². The van der Waals surface area contributed by atoms with E-state index in [4.69, 9.17) is 0 Å². The van der Waals surface area contributed by atoms with Crippen molar-refractivity contribution in [2.24, 2.45) is 0 Å². The second kappa shape index (κ2) is 10.2. The molecule has 0 N–H and O–H groups in total. The summed E-state index contributed by atoms with van der Waals surface area (Å²) in [5, 5.41) is -7.11. The van der Waals surface area contributed by atoms with Crippen molar-refractivity contribution in [2.75, 3.05) is 0 Å². The van der Waals surface area contributed by atoms with Gasteiger partial charge in [0.05, 0.1) is 13.1 Å². The molecule has 5 nitrogen and oxygen atoms in total. The molecule has 0 saturated carbocycles. The van der Waals surface area contributed by atoms with Crippen molar-refractivity contribution in [3.63, 3.8) is 0 Å². The van der Waals surface area contributed by atoms with Crippen molar-refractivity contribution in [3.05, 3.63) is 18.7 Å². The molecule has 0 bridgehead atoms. The van der Waals surface area contributed by atoms with E-state index < -0.39 is 33.4 Å². The van der Waals surface area contributed by atoms with Gasteiger partial charge in [0.15, 0.2) is 10.1 Å². The molecular formula is C15H21F9N2O3S. The Labute approximate surface area is 167 Å². The molecule has 0 fully saturated rings. The largest absolute Gasteiger partial charge is 0.743 e. The van der Waals surface area contributed by atoms with Crippen LogP contribution >= 0.6 is 0 Å². The van der Waals surface area contributed by atoms with Gasteiger partial charge < -0.3 is 4.55 Å². The number of halogens is 9. The van der Waals surface area contributed by atoms with E-state index in [2.05, 4.69) is 41.7 Å². The first-order chi connectivity index (χ1) is 13.4. The summed E-state index contributed by atoms with van der Waals surface area (Å²) in [5.41, 5.74) is 0. The standard InChI is InChI=1S/C11H21N2.C4HF9O3S/c1-3-5-6-7-8-13-10-9-12(4-2)11-13;5-1(6,3(9,10)11)2(7,8)4(12,13)17(14,15)16/h9-11H,3-8H2,1-2H3;(H,14,15,16)/q+1;/p-1. The van der Waals surface area contributed by atoms with Crippen molar-refractivity contribution in [2.45, 2.75) is 75.9 Å². The number of alkyl halides is 9. The molecule has 0 aliphatic carbocycles. The monoisotopic (exact) mass is 480 g/mol. The fourth-order valence-electron chi connectivity index (χ4n) is 2.00. The van der Waals surface area contributed by atoms with Gasteiger partial charge in [0.1, 0.15) is 12.4 Å². The smallest absolute Gasteiger partial charge is 0.460 e. The maximum Gasteiger partial charge on any atom is 0.460 e. The van der Waals surface area contributed by atoms with Crippen molar-refractivity contribution < 1.29 is 57.1 Å². The number of hydrogen-bond donors (Lipinski definition) is 0. The van der Waals surface area contributed by atoms with Crippen LogP contribution in [0.25, 0.3) is 0 Å². The summed E-state index contributed by atoms with van der Waals surface area (Å²) in [6, 6.07) is 0. The predicted octanol–water partition coefficient (Wildman–Crippen LogP) is 4.33. The van der Waals surface area contributed by atoms with Crippen molar-refractivity contribution >= 4 is 10.1 Å². The third-order valence-electron chi connectivity index (χ3n) is 3.81. The molecule has 1 aromatic rings. The van der Waals surface area contributed by atoms with Crippen LogP contribution in [0.4, 0.5) is 39.5 Å². The zero-order chi connectivity index (χ0) is 24.0. The van der Waals surface area contributed by atoms with E-state index in [-0.39, 0.29) is 0 Å². The molecular weight excluding hydrogens is 459 g/mol. The minimum absolute atomic E-state index is 1.07. The summed E-state index contributed by atoms with van der Waals surface area (Å²) < 4.78 is 140. The van der Waals surface area contributed by atoms with Gasteiger partial charge in [0.2, 0.25) is 6.33 Å². The van der Waals surface area contributed by atoms with Gasteiger partial charge >= 0.3 is 23.3 Å². The third-order valence-corrected chi connectivity index (χ3v) is 4.70. The Balaban J connectivity index is 0.000000579. The lowest BCUT2D eigenvalue weighted by Crippen LogP contribution is -2.63. The highest BCUT2D eigenvalue weighted by Gasteiger charge is 2.83. The molecule has 0 amide bonds. The van der Waals surface area contributed by atoms with Gasteiger partial charge in [0.25, 0.3) is 0 Å². The first kappa shape index (κ1) is 28.5. The summed E-state index contributed by atoms with van der Waals surface area (Å²) in [7, 11) is -7.42. The molecule has 1 rings (SSSR count). The zero-order valence-corrected chi connectivity index (χ0v) is 16.7. The molecule has 0 aliphatic rings. The second-order valence-corrected chi connectivity index (χ2v) is 7.58. The number of rotatable bonds is 9. The van der Waals surface area contributed by atoms with Crippen LogP contribution in [0.1, 0.15) is 39.5 Å². The lowest BCUT2D eigenvalue weighted by Gasteiger charge is -2.34. The molecule has 0 atom stereocenters. The lowest BCUT2D eigenvalue weighted by atomic mass is 10.1. The molecule has 1 aromatic heterocycles. The van der Waals surface area contributed by atoms with Crippen molar-refractivity contribution in [3.8, 4) is 0 Å². The fourth-order valence-corrected chi connectivity index (χ4v) is 2.44. The Bertz CT molecular complexity index is 762. The van der Waals surface area contributed by atoms with Crippen LogP contribution in [-0.4, -0.2) is 40.8 Å². The van der Waals surface area contributed by atoms with Gasteiger partial charge in [-0.25, -0.2) is 17.6 Å². The quantitative estimate of drug-likeness (QED) is 0.229. The van der Waals surface area contributed by atoms with Crippen LogP contribution in [0.2, 0.25) is 0 Å². The third kappa shape index (κ3) is 6.49. The van der Waals surface area contributed by atoms with Crippen LogP contribution in [0.15, 0.2) is 18.7 Å². The average Bonchev–Trinajstić information content (AvgIpc) is 3.05. The van der Waals surface area contributed by atoms with E-state index >= 15 is 0 Å². The first-order valence-corrected chi connectivity index (χ1v) is 9.98.